The van der Waals surface area contributed by atoms with E-state index in [1.807, 2.05) is 0 Å². The fourth-order valence-corrected chi connectivity index (χ4v) is 3.14. The fourth-order valence-electron chi connectivity index (χ4n) is 2.12. The highest BCUT2D eigenvalue weighted by molar-refractivity contribution is 7.99. The van der Waals surface area contributed by atoms with Crippen LogP contribution in [-0.4, -0.2) is 21.9 Å². The maximum absolute atomic E-state index is 12.9. The van der Waals surface area contributed by atoms with E-state index in [0.29, 0.717) is 21.5 Å². The third-order valence-electron chi connectivity index (χ3n) is 3.43. The number of amides is 1. The molecule has 0 aliphatic heterocycles. The summed E-state index contributed by atoms with van der Waals surface area (Å²) in [6, 6.07) is 10.4. The molecule has 0 bridgehead atoms. The lowest BCUT2D eigenvalue weighted by Crippen LogP contribution is -2.14. The van der Waals surface area contributed by atoms with Crippen LogP contribution in [0.15, 0.2) is 52.1 Å². The largest absolute Gasteiger partial charge is 0.481 e. The second kappa shape index (κ2) is 9.27. The molecule has 0 radical (unpaired) electrons. The number of ether oxygens (including phenoxy) is 1. The number of carbonyl (C=O) groups excluding carboxylic acids is 1. The van der Waals surface area contributed by atoms with Crippen LogP contribution in [0.5, 0.6) is 5.75 Å². The summed E-state index contributed by atoms with van der Waals surface area (Å²) in [6.45, 7) is 1.72. The Labute approximate surface area is 174 Å². The summed E-state index contributed by atoms with van der Waals surface area (Å²) in [4.78, 5) is 12.1. The molecule has 0 aliphatic carbocycles. The van der Waals surface area contributed by atoms with Crippen molar-refractivity contribution in [1.82, 2.24) is 10.2 Å². The van der Waals surface area contributed by atoms with Crippen molar-refractivity contribution < 1.29 is 18.3 Å². The number of halogens is 3. The number of hydrogen-bond acceptors (Lipinski definition) is 6. The van der Waals surface area contributed by atoms with Gasteiger partial charge in [-0.25, -0.2) is 4.39 Å². The van der Waals surface area contributed by atoms with Gasteiger partial charge in [-0.1, -0.05) is 35.0 Å². The maximum Gasteiger partial charge on any atom is 0.277 e. The number of thioether (sulfide) groups is 1. The molecule has 6 nitrogen and oxygen atoms in total. The summed E-state index contributed by atoms with van der Waals surface area (Å²) in [6.07, 6.45) is -0.533. The Hall–Kier alpha value is -2.29. The lowest BCUT2D eigenvalue weighted by molar-refractivity contribution is -0.113. The van der Waals surface area contributed by atoms with Gasteiger partial charge >= 0.3 is 0 Å². The first-order valence-electron chi connectivity index (χ1n) is 8.04. The molecule has 1 atom stereocenters. The smallest absolute Gasteiger partial charge is 0.277 e. The molecule has 2 aromatic carbocycles. The minimum atomic E-state index is -0.533. The number of anilines is 1. The minimum absolute atomic E-state index is 0.0494. The van der Waals surface area contributed by atoms with E-state index in [2.05, 4.69) is 15.5 Å². The molecular formula is C18H14Cl2FN3O3S. The lowest BCUT2D eigenvalue weighted by atomic mass is 10.3. The van der Waals surface area contributed by atoms with E-state index in [1.165, 1.54) is 24.3 Å². The first kappa shape index (κ1) is 20.4. The van der Waals surface area contributed by atoms with Gasteiger partial charge in [-0.2, -0.15) is 0 Å². The van der Waals surface area contributed by atoms with Gasteiger partial charge in [0.05, 0.1) is 16.5 Å². The molecule has 146 valence electrons. The molecule has 0 fully saturated rings. The first-order chi connectivity index (χ1) is 13.4. The van der Waals surface area contributed by atoms with Crippen LogP contribution in [0.4, 0.5) is 10.1 Å². The third kappa shape index (κ3) is 5.60. The predicted molar refractivity (Wildman–Crippen MR) is 106 cm³/mol. The van der Waals surface area contributed by atoms with Gasteiger partial charge in [-0.05, 0) is 49.4 Å². The average Bonchev–Trinajstić information content (AvgIpc) is 3.13. The molecule has 3 aromatic rings. The van der Waals surface area contributed by atoms with E-state index >= 15 is 0 Å². The number of benzene rings is 2. The number of carbonyl (C=O) groups is 1. The Morgan fingerprint density at radius 2 is 2.00 bits per heavy atom. The highest BCUT2D eigenvalue weighted by atomic mass is 35.5. The standard InChI is InChI=1S/C18H14Cl2FN3O3S/c1-10(26-13-5-3-12(21)4-6-13)17-23-24-18(27-17)28-9-16(25)22-15-7-2-11(19)8-14(15)20/h2-8,10H,9H2,1H3,(H,22,25)/t10-/m1/s1. The summed E-state index contributed by atoms with van der Waals surface area (Å²) in [5, 5.41) is 11.5. The topological polar surface area (TPSA) is 77.2 Å². The van der Waals surface area contributed by atoms with Gasteiger partial charge in [-0.3, -0.25) is 4.79 Å². The summed E-state index contributed by atoms with van der Waals surface area (Å²) < 4.78 is 24.1. The highest BCUT2D eigenvalue weighted by Crippen LogP contribution is 2.27. The zero-order valence-corrected chi connectivity index (χ0v) is 16.8. The molecular weight excluding hydrogens is 428 g/mol. The van der Waals surface area contributed by atoms with Crippen LogP contribution in [0.3, 0.4) is 0 Å². The minimum Gasteiger partial charge on any atom is -0.481 e. The molecule has 28 heavy (non-hydrogen) atoms. The highest BCUT2D eigenvalue weighted by Gasteiger charge is 2.17. The zero-order valence-electron chi connectivity index (χ0n) is 14.5. The van der Waals surface area contributed by atoms with E-state index < -0.39 is 6.10 Å². The molecule has 1 amide bonds. The predicted octanol–water partition coefficient (Wildman–Crippen LogP) is 5.39. The van der Waals surface area contributed by atoms with Crippen LogP contribution in [0.25, 0.3) is 0 Å². The van der Waals surface area contributed by atoms with Crippen LogP contribution in [0.1, 0.15) is 18.9 Å². The zero-order chi connectivity index (χ0) is 20.1. The number of aromatic nitrogens is 2. The van der Waals surface area contributed by atoms with Gasteiger partial charge in [0.1, 0.15) is 11.6 Å². The number of rotatable bonds is 7. The monoisotopic (exact) mass is 441 g/mol. The van der Waals surface area contributed by atoms with Crippen LogP contribution in [0, 0.1) is 5.82 Å². The second-order valence-corrected chi connectivity index (χ2v) is 7.35. The Balaban J connectivity index is 1.52. The van der Waals surface area contributed by atoms with Crippen molar-refractivity contribution >= 4 is 46.6 Å². The first-order valence-corrected chi connectivity index (χ1v) is 9.78. The molecule has 3 rings (SSSR count). The van der Waals surface area contributed by atoms with Gasteiger partial charge < -0.3 is 14.5 Å². The molecule has 1 N–H and O–H groups in total. The van der Waals surface area contributed by atoms with E-state index in [9.17, 15) is 9.18 Å². The summed E-state index contributed by atoms with van der Waals surface area (Å²) in [5.74, 6) is 0.126. The molecule has 0 unspecified atom stereocenters. The number of hydrogen-bond donors (Lipinski definition) is 1. The van der Waals surface area contributed by atoms with Crippen molar-refractivity contribution in [2.45, 2.75) is 18.3 Å². The van der Waals surface area contributed by atoms with E-state index in [-0.39, 0.29) is 28.6 Å². The Bertz CT molecular complexity index is 969. The Morgan fingerprint density at radius 3 is 2.71 bits per heavy atom. The quantitative estimate of drug-likeness (QED) is 0.495. The lowest BCUT2D eigenvalue weighted by Gasteiger charge is -2.10. The van der Waals surface area contributed by atoms with Gasteiger partial charge in [-0.15, -0.1) is 10.2 Å². The fraction of sp³-hybridized carbons (Fsp3) is 0.167. The molecule has 1 heterocycles. The van der Waals surface area contributed by atoms with Gasteiger partial charge in [0.2, 0.25) is 5.91 Å². The summed E-state index contributed by atoms with van der Waals surface area (Å²) in [7, 11) is 0. The van der Waals surface area contributed by atoms with Gasteiger partial charge in [0, 0.05) is 5.02 Å². The second-order valence-electron chi connectivity index (χ2n) is 5.58. The molecule has 0 saturated carbocycles. The van der Waals surface area contributed by atoms with Crippen molar-refractivity contribution in [3.8, 4) is 5.75 Å². The summed E-state index contributed by atoms with van der Waals surface area (Å²) in [5.41, 5.74) is 0.462. The molecule has 1 aromatic heterocycles. The van der Waals surface area contributed by atoms with E-state index in [1.54, 1.807) is 25.1 Å². The van der Waals surface area contributed by atoms with Crippen LogP contribution < -0.4 is 10.1 Å². The maximum atomic E-state index is 12.9. The normalized spacial score (nSPS) is 11.9. The van der Waals surface area contributed by atoms with Crippen LogP contribution in [0.2, 0.25) is 10.0 Å². The molecule has 10 heteroatoms. The Morgan fingerprint density at radius 1 is 1.25 bits per heavy atom. The van der Waals surface area contributed by atoms with Crippen molar-refractivity contribution in [2.75, 3.05) is 11.1 Å². The van der Waals surface area contributed by atoms with Crippen molar-refractivity contribution in [1.29, 1.82) is 0 Å². The van der Waals surface area contributed by atoms with Gasteiger partial charge in [0.15, 0.2) is 6.10 Å². The molecule has 0 aliphatic rings. The Kier molecular flexibility index (Phi) is 6.77. The van der Waals surface area contributed by atoms with Crippen LogP contribution >= 0.6 is 35.0 Å². The van der Waals surface area contributed by atoms with E-state index in [4.69, 9.17) is 32.4 Å². The third-order valence-corrected chi connectivity index (χ3v) is 4.79. The van der Waals surface area contributed by atoms with Crippen molar-refractivity contribution in [3.05, 3.63) is 64.2 Å². The van der Waals surface area contributed by atoms with Crippen molar-refractivity contribution in [2.24, 2.45) is 0 Å². The number of nitrogens with one attached hydrogen (secondary N) is 1. The number of nitrogens with zero attached hydrogens (tertiary/aromatic N) is 2. The summed E-state index contributed by atoms with van der Waals surface area (Å²) >= 11 is 12.9. The SMILES string of the molecule is C[C@@H](Oc1ccc(F)cc1)c1nnc(SCC(=O)Nc2ccc(Cl)cc2Cl)o1. The molecule has 0 spiro atoms. The molecule has 0 saturated heterocycles. The van der Waals surface area contributed by atoms with E-state index in [0.717, 1.165) is 11.8 Å². The van der Waals surface area contributed by atoms with Crippen molar-refractivity contribution in [3.63, 3.8) is 0 Å². The van der Waals surface area contributed by atoms with Crippen LogP contribution in [-0.2, 0) is 4.79 Å². The average molecular weight is 442 g/mol. The van der Waals surface area contributed by atoms with Gasteiger partial charge in [0.25, 0.3) is 11.1 Å².